The Bertz CT molecular complexity index is 602. The number of nitrogens with zero attached hydrogens (tertiary/aromatic N) is 3. The normalized spacial score (nSPS) is 31.5. The van der Waals surface area contributed by atoms with E-state index in [2.05, 4.69) is 10.2 Å². The molecule has 0 aliphatic carbocycles. The highest BCUT2D eigenvalue weighted by Crippen LogP contribution is 2.38. The van der Waals surface area contributed by atoms with Gasteiger partial charge in [-0.1, -0.05) is 6.92 Å². The Morgan fingerprint density at radius 1 is 1.07 bits per heavy atom. The number of hydrogen-bond acceptors (Lipinski definition) is 3. The number of piperidine rings is 4. The minimum Gasteiger partial charge on any atom is -0.353 e. The van der Waals surface area contributed by atoms with Crippen molar-refractivity contribution in [3.8, 4) is 0 Å². The van der Waals surface area contributed by atoms with Crippen LogP contribution < -0.4 is 5.32 Å². The first-order valence-corrected chi connectivity index (χ1v) is 10.7. The number of hydrogen-bond donors (Lipinski definition) is 1. The Hall–Kier alpha value is -1.79. The molecule has 4 heterocycles. The standard InChI is InChI=1S/C20H32N4O3/c1-2-18(25)21-16-6-8-22(9-7-16)20(27)23-11-14-10-15(13-23)17-4-3-5-19(26)24(17)12-14/h14-17H,2-13H2,1H3,(H,21,25)/t14-,15-,17-/m1/s1. The van der Waals surface area contributed by atoms with Crippen molar-refractivity contribution in [2.45, 2.75) is 64.0 Å². The van der Waals surface area contributed by atoms with Crippen LogP contribution in [0.3, 0.4) is 0 Å². The van der Waals surface area contributed by atoms with Crippen molar-refractivity contribution in [2.24, 2.45) is 11.8 Å². The van der Waals surface area contributed by atoms with Gasteiger partial charge in [-0.15, -0.1) is 0 Å². The average molecular weight is 377 g/mol. The Morgan fingerprint density at radius 3 is 2.59 bits per heavy atom. The van der Waals surface area contributed by atoms with Gasteiger partial charge in [0.1, 0.15) is 0 Å². The lowest BCUT2D eigenvalue weighted by Gasteiger charge is -2.53. The number of amides is 4. The predicted molar refractivity (Wildman–Crippen MR) is 101 cm³/mol. The van der Waals surface area contributed by atoms with Crippen LogP contribution in [-0.2, 0) is 9.59 Å². The van der Waals surface area contributed by atoms with Gasteiger partial charge in [0.2, 0.25) is 11.8 Å². The lowest BCUT2D eigenvalue weighted by molar-refractivity contribution is -0.144. The molecule has 0 aromatic heterocycles. The highest BCUT2D eigenvalue weighted by atomic mass is 16.2. The molecule has 2 bridgehead atoms. The van der Waals surface area contributed by atoms with Crippen LogP contribution in [0.2, 0.25) is 0 Å². The van der Waals surface area contributed by atoms with Crippen LogP contribution in [0.1, 0.15) is 51.9 Å². The molecular formula is C20H32N4O3. The molecule has 1 N–H and O–H groups in total. The molecule has 3 atom stereocenters. The van der Waals surface area contributed by atoms with Gasteiger partial charge in [-0.2, -0.15) is 0 Å². The van der Waals surface area contributed by atoms with Crippen LogP contribution >= 0.6 is 0 Å². The van der Waals surface area contributed by atoms with Crippen LogP contribution in [0.4, 0.5) is 4.79 Å². The summed E-state index contributed by atoms with van der Waals surface area (Å²) >= 11 is 0. The first-order chi connectivity index (χ1) is 13.0. The van der Waals surface area contributed by atoms with Crippen molar-refractivity contribution in [3.05, 3.63) is 0 Å². The van der Waals surface area contributed by atoms with Crippen molar-refractivity contribution in [2.75, 3.05) is 32.7 Å². The molecule has 4 aliphatic heterocycles. The SMILES string of the molecule is CCC(=O)NC1CCN(C(=O)N2C[C@H]3C[C@H](C2)[C@H]2CCCC(=O)N2C3)CC1. The highest BCUT2D eigenvalue weighted by Gasteiger charge is 2.45. The summed E-state index contributed by atoms with van der Waals surface area (Å²) in [5.41, 5.74) is 0. The van der Waals surface area contributed by atoms with E-state index in [0.29, 0.717) is 49.7 Å². The summed E-state index contributed by atoms with van der Waals surface area (Å²) in [4.78, 5) is 43.0. The molecule has 7 heteroatoms. The third kappa shape index (κ3) is 3.78. The molecule has 4 fully saturated rings. The van der Waals surface area contributed by atoms with Gasteiger partial charge in [0, 0.05) is 57.6 Å². The van der Waals surface area contributed by atoms with Crippen molar-refractivity contribution in [3.63, 3.8) is 0 Å². The van der Waals surface area contributed by atoms with Crippen molar-refractivity contribution < 1.29 is 14.4 Å². The quantitative estimate of drug-likeness (QED) is 0.792. The summed E-state index contributed by atoms with van der Waals surface area (Å²) < 4.78 is 0. The van der Waals surface area contributed by atoms with Crippen molar-refractivity contribution >= 4 is 17.8 Å². The molecule has 4 rings (SSSR count). The van der Waals surface area contributed by atoms with E-state index in [1.54, 1.807) is 0 Å². The molecule has 0 radical (unpaired) electrons. The van der Waals surface area contributed by atoms with Crippen molar-refractivity contribution in [1.29, 1.82) is 0 Å². The number of fused-ring (bicyclic) bond motifs is 4. The number of rotatable bonds is 2. The Kier molecular flexibility index (Phi) is 5.28. The molecule has 7 nitrogen and oxygen atoms in total. The van der Waals surface area contributed by atoms with Gasteiger partial charge >= 0.3 is 6.03 Å². The number of carbonyl (C=O) groups is 3. The lowest BCUT2D eigenvalue weighted by Crippen LogP contribution is -2.62. The molecule has 4 amide bonds. The fourth-order valence-corrected chi connectivity index (χ4v) is 5.51. The van der Waals surface area contributed by atoms with Crippen LogP contribution in [0.25, 0.3) is 0 Å². The van der Waals surface area contributed by atoms with Crippen molar-refractivity contribution in [1.82, 2.24) is 20.0 Å². The fourth-order valence-electron chi connectivity index (χ4n) is 5.51. The second-order valence-corrected chi connectivity index (χ2v) is 8.74. The minimum absolute atomic E-state index is 0.0928. The van der Waals surface area contributed by atoms with Crippen LogP contribution in [0.15, 0.2) is 0 Å². The zero-order valence-electron chi connectivity index (χ0n) is 16.4. The van der Waals surface area contributed by atoms with Gasteiger partial charge in [-0.25, -0.2) is 4.79 Å². The maximum absolute atomic E-state index is 13.1. The molecule has 0 saturated carbocycles. The molecule has 4 saturated heterocycles. The Labute approximate surface area is 161 Å². The number of urea groups is 1. The fraction of sp³-hybridized carbons (Fsp3) is 0.850. The molecular weight excluding hydrogens is 344 g/mol. The van der Waals surface area contributed by atoms with E-state index in [-0.39, 0.29) is 18.0 Å². The Morgan fingerprint density at radius 2 is 1.85 bits per heavy atom. The van der Waals surface area contributed by atoms with Crippen LogP contribution in [0, 0.1) is 11.8 Å². The topological polar surface area (TPSA) is 73.0 Å². The van der Waals surface area contributed by atoms with E-state index in [0.717, 1.165) is 51.7 Å². The van der Waals surface area contributed by atoms with Gasteiger partial charge < -0.3 is 20.0 Å². The first-order valence-electron chi connectivity index (χ1n) is 10.7. The third-order valence-electron chi connectivity index (χ3n) is 6.90. The molecule has 27 heavy (non-hydrogen) atoms. The summed E-state index contributed by atoms with van der Waals surface area (Å²) in [5, 5.41) is 3.05. The molecule has 0 unspecified atom stereocenters. The van der Waals surface area contributed by atoms with E-state index in [1.165, 1.54) is 0 Å². The largest absolute Gasteiger partial charge is 0.353 e. The predicted octanol–water partition coefficient (Wildman–Crippen LogP) is 1.43. The summed E-state index contributed by atoms with van der Waals surface area (Å²) in [7, 11) is 0. The zero-order chi connectivity index (χ0) is 19.0. The summed E-state index contributed by atoms with van der Waals surface area (Å²) in [6, 6.07) is 0.692. The number of carbonyl (C=O) groups excluding carboxylic acids is 3. The van der Waals surface area contributed by atoms with Crippen LogP contribution in [-0.4, -0.2) is 77.4 Å². The van der Waals surface area contributed by atoms with Gasteiger partial charge in [0.05, 0.1) is 0 Å². The second kappa shape index (κ2) is 7.68. The smallest absolute Gasteiger partial charge is 0.320 e. The lowest BCUT2D eigenvalue weighted by atomic mass is 9.76. The van der Waals surface area contributed by atoms with E-state index in [9.17, 15) is 14.4 Å². The van der Waals surface area contributed by atoms with Gasteiger partial charge in [-0.3, -0.25) is 9.59 Å². The molecule has 0 aromatic carbocycles. The van der Waals surface area contributed by atoms with E-state index in [1.807, 2.05) is 16.7 Å². The number of nitrogens with one attached hydrogen (secondary N) is 1. The highest BCUT2D eigenvalue weighted by molar-refractivity contribution is 5.78. The van der Waals surface area contributed by atoms with Gasteiger partial charge in [0.25, 0.3) is 0 Å². The number of likely N-dealkylation sites (tertiary alicyclic amines) is 2. The van der Waals surface area contributed by atoms with Crippen LogP contribution in [0.5, 0.6) is 0 Å². The molecule has 150 valence electrons. The summed E-state index contributed by atoms with van der Waals surface area (Å²) in [5.74, 6) is 1.27. The van der Waals surface area contributed by atoms with E-state index >= 15 is 0 Å². The summed E-state index contributed by atoms with van der Waals surface area (Å²) in [6.07, 6.45) is 6.12. The zero-order valence-corrected chi connectivity index (χ0v) is 16.4. The Balaban J connectivity index is 1.33. The molecule has 0 aromatic rings. The average Bonchev–Trinajstić information content (AvgIpc) is 2.68. The maximum Gasteiger partial charge on any atom is 0.320 e. The second-order valence-electron chi connectivity index (χ2n) is 8.74. The minimum atomic E-state index is 0.0928. The first kappa shape index (κ1) is 18.6. The summed E-state index contributed by atoms with van der Waals surface area (Å²) in [6.45, 7) is 5.69. The van der Waals surface area contributed by atoms with E-state index in [4.69, 9.17) is 0 Å². The molecule has 0 spiro atoms. The van der Waals surface area contributed by atoms with E-state index < -0.39 is 0 Å². The maximum atomic E-state index is 13.1. The monoisotopic (exact) mass is 376 g/mol. The van der Waals surface area contributed by atoms with Gasteiger partial charge in [-0.05, 0) is 43.9 Å². The molecule has 4 aliphatic rings. The third-order valence-corrected chi connectivity index (χ3v) is 6.90. The van der Waals surface area contributed by atoms with Gasteiger partial charge in [0.15, 0.2) is 0 Å².